The Morgan fingerprint density at radius 3 is 2.48 bits per heavy atom. The zero-order valence-electron chi connectivity index (χ0n) is 13.8. The summed E-state index contributed by atoms with van der Waals surface area (Å²) in [5.74, 6) is 0.987. The highest BCUT2D eigenvalue weighted by Gasteiger charge is 2.50. The Balaban J connectivity index is 1.55. The normalized spacial score (nSPS) is 25.0. The van der Waals surface area contributed by atoms with Crippen LogP contribution in [0.25, 0.3) is 0 Å². The van der Waals surface area contributed by atoms with Gasteiger partial charge < -0.3 is 4.74 Å². The second-order valence-corrected chi connectivity index (χ2v) is 8.03. The van der Waals surface area contributed by atoms with Crippen molar-refractivity contribution in [3.8, 4) is 5.75 Å². The molecule has 3 rings (SSSR count). The Hall–Kier alpha value is -1.02. The van der Waals surface area contributed by atoms with Crippen LogP contribution < -0.4 is 4.74 Å². The number of rotatable bonds is 4. The van der Waals surface area contributed by atoms with Gasteiger partial charge in [-0.15, -0.1) is 0 Å². The first-order valence-corrected chi connectivity index (χ1v) is 8.41. The monoisotopic (exact) mass is 287 g/mol. The lowest BCUT2D eigenvalue weighted by atomic mass is 9.75. The largest absolute Gasteiger partial charge is 0.492 e. The van der Waals surface area contributed by atoms with Crippen LogP contribution in [0, 0.1) is 10.8 Å². The second-order valence-electron chi connectivity index (χ2n) is 8.03. The molecule has 21 heavy (non-hydrogen) atoms. The fourth-order valence-corrected chi connectivity index (χ4v) is 3.73. The van der Waals surface area contributed by atoms with Gasteiger partial charge in [0.05, 0.1) is 0 Å². The number of hydrogen-bond donors (Lipinski definition) is 0. The molecule has 0 radical (unpaired) electrons. The van der Waals surface area contributed by atoms with Crippen LogP contribution in [-0.4, -0.2) is 30.6 Å². The van der Waals surface area contributed by atoms with E-state index in [0.717, 1.165) is 18.9 Å². The van der Waals surface area contributed by atoms with Crippen molar-refractivity contribution < 1.29 is 4.74 Å². The lowest BCUT2D eigenvalue weighted by Crippen LogP contribution is -2.51. The van der Waals surface area contributed by atoms with Crippen LogP contribution in [0.15, 0.2) is 30.3 Å². The van der Waals surface area contributed by atoms with Crippen molar-refractivity contribution in [3.63, 3.8) is 0 Å². The van der Waals surface area contributed by atoms with Crippen molar-refractivity contribution in [1.29, 1.82) is 0 Å². The number of ether oxygens (including phenoxy) is 1. The molecule has 1 aliphatic carbocycles. The molecule has 1 atom stereocenters. The zero-order valence-corrected chi connectivity index (χ0v) is 13.8. The Morgan fingerprint density at radius 1 is 1.14 bits per heavy atom. The molecule has 0 amide bonds. The summed E-state index contributed by atoms with van der Waals surface area (Å²) in [5, 5.41) is 0. The van der Waals surface area contributed by atoms with Gasteiger partial charge in [-0.1, -0.05) is 39.0 Å². The summed E-state index contributed by atoms with van der Waals surface area (Å²) in [6.45, 7) is 10.3. The first kappa shape index (κ1) is 14.9. The summed E-state index contributed by atoms with van der Waals surface area (Å²) in [7, 11) is 0. The molecule has 1 aromatic rings. The minimum absolute atomic E-state index is 0.364. The molecule has 2 aliphatic rings. The van der Waals surface area contributed by atoms with E-state index in [4.69, 9.17) is 4.74 Å². The quantitative estimate of drug-likeness (QED) is 0.816. The fourth-order valence-electron chi connectivity index (χ4n) is 3.73. The molecule has 1 saturated carbocycles. The number of hydrogen-bond acceptors (Lipinski definition) is 2. The molecule has 0 aromatic heterocycles. The van der Waals surface area contributed by atoms with E-state index in [0.29, 0.717) is 16.9 Å². The van der Waals surface area contributed by atoms with Gasteiger partial charge >= 0.3 is 0 Å². The van der Waals surface area contributed by atoms with E-state index < -0.39 is 0 Å². The van der Waals surface area contributed by atoms with E-state index in [-0.39, 0.29) is 0 Å². The first-order valence-electron chi connectivity index (χ1n) is 8.41. The molecule has 2 nitrogen and oxygen atoms in total. The highest BCUT2D eigenvalue weighted by Crippen LogP contribution is 2.57. The number of benzene rings is 1. The summed E-state index contributed by atoms with van der Waals surface area (Å²) in [6, 6.07) is 10.9. The predicted octanol–water partition coefficient (Wildman–Crippen LogP) is 4.36. The average molecular weight is 287 g/mol. The van der Waals surface area contributed by atoms with Gasteiger partial charge in [-0.2, -0.15) is 0 Å². The van der Waals surface area contributed by atoms with Crippen molar-refractivity contribution in [3.05, 3.63) is 30.3 Å². The molecule has 1 saturated heterocycles. The Bertz CT molecular complexity index is 458. The van der Waals surface area contributed by atoms with Crippen molar-refractivity contribution in [1.82, 2.24) is 4.90 Å². The molecule has 2 heteroatoms. The van der Waals surface area contributed by atoms with Crippen molar-refractivity contribution in [2.45, 2.75) is 52.5 Å². The smallest absolute Gasteiger partial charge is 0.119 e. The van der Waals surface area contributed by atoms with Crippen LogP contribution in [0.5, 0.6) is 5.75 Å². The Morgan fingerprint density at radius 2 is 1.86 bits per heavy atom. The molecule has 116 valence electrons. The maximum absolute atomic E-state index is 5.90. The third kappa shape index (κ3) is 3.60. The number of para-hydroxylation sites is 1. The van der Waals surface area contributed by atoms with E-state index in [9.17, 15) is 0 Å². The van der Waals surface area contributed by atoms with Crippen LogP contribution in [0.1, 0.15) is 46.5 Å². The molecule has 1 heterocycles. The van der Waals surface area contributed by atoms with Gasteiger partial charge in [0.2, 0.25) is 0 Å². The summed E-state index contributed by atoms with van der Waals surface area (Å²) in [4.78, 5) is 2.67. The maximum atomic E-state index is 5.90. The van der Waals surface area contributed by atoms with E-state index in [1.165, 1.54) is 32.2 Å². The number of nitrogens with zero attached hydrogens (tertiary/aromatic N) is 1. The standard InChI is InChI=1S/C19H29NO/c1-18(2,3)17-15-19(9-10-19)11-12-20(17)13-14-21-16-7-5-4-6-8-16/h4-8,17H,9-15H2,1-3H3. The minimum atomic E-state index is 0.364. The van der Waals surface area contributed by atoms with Gasteiger partial charge in [0.15, 0.2) is 0 Å². The van der Waals surface area contributed by atoms with Gasteiger partial charge in [-0.05, 0) is 55.2 Å². The molecule has 0 N–H and O–H groups in total. The predicted molar refractivity (Wildman–Crippen MR) is 87.7 cm³/mol. The summed E-state index contributed by atoms with van der Waals surface area (Å²) in [6.07, 6.45) is 5.72. The second kappa shape index (κ2) is 5.64. The van der Waals surface area contributed by atoms with Crippen molar-refractivity contribution >= 4 is 0 Å². The lowest BCUT2D eigenvalue weighted by molar-refractivity contribution is 0.0227. The highest BCUT2D eigenvalue weighted by molar-refractivity contribution is 5.20. The molecule has 1 unspecified atom stereocenters. The average Bonchev–Trinajstić information content (AvgIpc) is 3.20. The topological polar surface area (TPSA) is 12.5 Å². The number of piperidine rings is 1. The zero-order chi connectivity index (χ0) is 14.9. The minimum Gasteiger partial charge on any atom is -0.492 e. The molecular formula is C19H29NO. The molecule has 1 aromatic carbocycles. The highest BCUT2D eigenvalue weighted by atomic mass is 16.5. The van der Waals surface area contributed by atoms with E-state index in [1.807, 2.05) is 30.3 Å². The fraction of sp³-hybridized carbons (Fsp3) is 0.684. The van der Waals surface area contributed by atoms with Crippen molar-refractivity contribution in [2.24, 2.45) is 10.8 Å². The molecule has 1 aliphatic heterocycles. The third-order valence-electron chi connectivity index (χ3n) is 5.34. The summed E-state index contributed by atoms with van der Waals surface area (Å²) in [5.41, 5.74) is 1.08. The maximum Gasteiger partial charge on any atom is 0.119 e. The van der Waals surface area contributed by atoms with Crippen LogP contribution in [0.4, 0.5) is 0 Å². The Labute approximate surface area is 129 Å². The summed E-state index contributed by atoms with van der Waals surface area (Å²) >= 11 is 0. The van der Waals surface area contributed by atoms with Gasteiger partial charge in [0, 0.05) is 12.6 Å². The van der Waals surface area contributed by atoms with Crippen LogP contribution in [0.3, 0.4) is 0 Å². The Kier molecular flexibility index (Phi) is 4.00. The molecule has 2 fully saturated rings. The molecule has 1 spiro atoms. The van der Waals surface area contributed by atoms with Crippen LogP contribution >= 0.6 is 0 Å². The third-order valence-corrected chi connectivity index (χ3v) is 5.34. The molecule has 0 bridgehead atoms. The van der Waals surface area contributed by atoms with E-state index in [2.05, 4.69) is 25.7 Å². The SMILES string of the molecule is CC(C)(C)C1CC2(CCN1CCOc1ccccc1)CC2. The van der Waals surface area contributed by atoms with Crippen LogP contribution in [0.2, 0.25) is 0 Å². The van der Waals surface area contributed by atoms with Gasteiger partial charge in [-0.25, -0.2) is 0 Å². The van der Waals surface area contributed by atoms with E-state index in [1.54, 1.807) is 0 Å². The number of likely N-dealkylation sites (tertiary alicyclic amines) is 1. The van der Waals surface area contributed by atoms with Crippen LogP contribution in [-0.2, 0) is 0 Å². The van der Waals surface area contributed by atoms with Gasteiger partial charge in [-0.3, -0.25) is 4.90 Å². The first-order chi connectivity index (χ1) is 9.99. The lowest BCUT2D eigenvalue weighted by Gasteiger charge is -2.46. The van der Waals surface area contributed by atoms with Gasteiger partial charge in [0.1, 0.15) is 12.4 Å². The van der Waals surface area contributed by atoms with E-state index >= 15 is 0 Å². The molecular weight excluding hydrogens is 258 g/mol. The van der Waals surface area contributed by atoms with Crippen molar-refractivity contribution in [2.75, 3.05) is 19.7 Å². The van der Waals surface area contributed by atoms with Gasteiger partial charge in [0.25, 0.3) is 0 Å². The summed E-state index contributed by atoms with van der Waals surface area (Å²) < 4.78 is 5.90.